The highest BCUT2D eigenvalue weighted by molar-refractivity contribution is 5.93. The molecule has 0 spiro atoms. The van der Waals surface area contributed by atoms with E-state index in [0.29, 0.717) is 17.8 Å². The van der Waals surface area contributed by atoms with Crippen molar-refractivity contribution < 1.29 is 9.72 Å². The molecule has 0 unspecified atom stereocenters. The predicted molar refractivity (Wildman–Crippen MR) is 102 cm³/mol. The molecule has 142 valence electrons. The van der Waals surface area contributed by atoms with Crippen molar-refractivity contribution in [3.63, 3.8) is 0 Å². The minimum Gasteiger partial charge on any atom is -0.325 e. The van der Waals surface area contributed by atoms with E-state index in [1.807, 2.05) is 18.2 Å². The second kappa shape index (κ2) is 8.70. The van der Waals surface area contributed by atoms with E-state index >= 15 is 0 Å². The van der Waals surface area contributed by atoms with Crippen molar-refractivity contribution in [2.75, 3.05) is 38.0 Å². The average Bonchev–Trinajstić information content (AvgIpc) is 2.65. The maximum atomic E-state index is 12.3. The number of hydrogen-bond acceptors (Lipinski definition) is 6. The van der Waals surface area contributed by atoms with Crippen LogP contribution in [0.3, 0.4) is 0 Å². The molecule has 0 radical (unpaired) electrons. The smallest absolute Gasteiger partial charge is 0.269 e. The number of nitro groups is 1. The van der Waals surface area contributed by atoms with Crippen LogP contribution >= 0.6 is 0 Å². The van der Waals surface area contributed by atoms with Crippen LogP contribution in [0, 0.1) is 17.0 Å². The molecule has 8 nitrogen and oxygen atoms in total. The number of piperazine rings is 1. The third-order valence-corrected chi connectivity index (χ3v) is 4.64. The molecule has 1 saturated heterocycles. The summed E-state index contributed by atoms with van der Waals surface area (Å²) >= 11 is 0. The predicted octanol–water partition coefficient (Wildman–Crippen LogP) is 2.05. The molecular weight excluding hydrogens is 346 g/mol. The summed E-state index contributed by atoms with van der Waals surface area (Å²) < 4.78 is 0. The Hall–Kier alpha value is -2.84. The van der Waals surface area contributed by atoms with Crippen LogP contribution < -0.4 is 5.32 Å². The van der Waals surface area contributed by atoms with Gasteiger partial charge in [0.2, 0.25) is 5.91 Å². The fraction of sp³-hybridized carbons (Fsp3) is 0.368. The van der Waals surface area contributed by atoms with E-state index in [0.717, 1.165) is 38.4 Å². The largest absolute Gasteiger partial charge is 0.325 e. The number of non-ortho nitro benzene ring substituents is 1. The molecule has 0 atom stereocenters. The lowest BCUT2D eigenvalue weighted by molar-refractivity contribution is -0.384. The molecule has 0 bridgehead atoms. The normalized spacial score (nSPS) is 15.4. The topological polar surface area (TPSA) is 91.6 Å². The van der Waals surface area contributed by atoms with Crippen molar-refractivity contribution in [1.29, 1.82) is 0 Å². The van der Waals surface area contributed by atoms with Crippen LogP contribution in [0.2, 0.25) is 0 Å². The Labute approximate surface area is 158 Å². The summed E-state index contributed by atoms with van der Waals surface area (Å²) in [5, 5.41) is 13.6. The lowest BCUT2D eigenvalue weighted by Crippen LogP contribution is -2.48. The molecule has 2 aromatic rings. The summed E-state index contributed by atoms with van der Waals surface area (Å²) in [6, 6.07) is 10.4. The standard InChI is InChI=1S/C19H23N5O3/c1-15-12-17(24(26)27)5-6-18(15)21-19(25)14-23-10-8-22(9-11-23)13-16-4-2-3-7-20-16/h2-7,12H,8-11,13-14H2,1H3,(H,21,25). The molecule has 1 N–H and O–H groups in total. The fourth-order valence-corrected chi connectivity index (χ4v) is 3.12. The van der Waals surface area contributed by atoms with E-state index in [-0.39, 0.29) is 11.6 Å². The van der Waals surface area contributed by atoms with E-state index in [9.17, 15) is 14.9 Å². The first-order valence-corrected chi connectivity index (χ1v) is 8.91. The average molecular weight is 369 g/mol. The maximum Gasteiger partial charge on any atom is 0.269 e. The van der Waals surface area contributed by atoms with Crippen LogP contribution in [-0.4, -0.2) is 58.3 Å². The van der Waals surface area contributed by atoms with Crippen molar-refractivity contribution >= 4 is 17.3 Å². The molecule has 27 heavy (non-hydrogen) atoms. The van der Waals surface area contributed by atoms with Gasteiger partial charge in [0.15, 0.2) is 0 Å². The number of hydrogen-bond donors (Lipinski definition) is 1. The molecule has 1 aromatic carbocycles. The first-order chi connectivity index (χ1) is 13.0. The molecule has 3 rings (SSSR count). The van der Waals surface area contributed by atoms with Gasteiger partial charge in [-0.25, -0.2) is 0 Å². The van der Waals surface area contributed by atoms with E-state index in [4.69, 9.17) is 0 Å². The molecule has 0 saturated carbocycles. The van der Waals surface area contributed by atoms with Gasteiger partial charge in [-0.3, -0.25) is 29.7 Å². The zero-order valence-electron chi connectivity index (χ0n) is 15.3. The number of nitro benzene ring substituents is 1. The van der Waals surface area contributed by atoms with Crippen LogP contribution in [-0.2, 0) is 11.3 Å². The highest BCUT2D eigenvalue weighted by Gasteiger charge is 2.20. The molecule has 1 aliphatic heterocycles. The lowest BCUT2D eigenvalue weighted by Gasteiger charge is -2.34. The molecule has 1 aromatic heterocycles. The summed E-state index contributed by atoms with van der Waals surface area (Å²) in [6.45, 7) is 6.30. The maximum absolute atomic E-state index is 12.3. The van der Waals surface area contributed by atoms with E-state index in [2.05, 4.69) is 20.1 Å². The van der Waals surface area contributed by atoms with Gasteiger partial charge in [-0.15, -0.1) is 0 Å². The number of nitrogens with one attached hydrogen (secondary N) is 1. The minimum absolute atomic E-state index is 0.0227. The Balaban J connectivity index is 1.46. The second-order valence-corrected chi connectivity index (χ2v) is 6.68. The Morgan fingerprint density at radius 2 is 1.93 bits per heavy atom. The Morgan fingerprint density at radius 1 is 1.19 bits per heavy atom. The van der Waals surface area contributed by atoms with Gasteiger partial charge in [-0.1, -0.05) is 6.07 Å². The van der Waals surface area contributed by atoms with Crippen LogP contribution in [0.5, 0.6) is 0 Å². The van der Waals surface area contributed by atoms with E-state index in [1.54, 1.807) is 19.2 Å². The molecule has 1 amide bonds. The highest BCUT2D eigenvalue weighted by Crippen LogP contribution is 2.21. The zero-order chi connectivity index (χ0) is 19.2. The molecule has 8 heteroatoms. The Kier molecular flexibility index (Phi) is 6.10. The summed E-state index contributed by atoms with van der Waals surface area (Å²) in [6.07, 6.45) is 1.80. The van der Waals surface area contributed by atoms with Gasteiger partial charge in [-0.2, -0.15) is 0 Å². The number of carbonyl (C=O) groups excluding carboxylic acids is 1. The van der Waals surface area contributed by atoms with Crippen molar-refractivity contribution in [2.45, 2.75) is 13.5 Å². The monoisotopic (exact) mass is 369 g/mol. The van der Waals surface area contributed by atoms with Crippen molar-refractivity contribution in [1.82, 2.24) is 14.8 Å². The molecule has 1 fully saturated rings. The van der Waals surface area contributed by atoms with Gasteiger partial charge in [0.25, 0.3) is 5.69 Å². The number of rotatable bonds is 6. The third-order valence-electron chi connectivity index (χ3n) is 4.64. The quantitative estimate of drug-likeness (QED) is 0.619. The van der Waals surface area contributed by atoms with Gasteiger partial charge in [0.05, 0.1) is 17.2 Å². The van der Waals surface area contributed by atoms with Crippen molar-refractivity contribution in [3.05, 3.63) is 64.0 Å². The van der Waals surface area contributed by atoms with Gasteiger partial charge in [-0.05, 0) is 30.7 Å². The number of pyridine rings is 1. The fourth-order valence-electron chi connectivity index (χ4n) is 3.12. The number of carbonyl (C=O) groups is 1. The summed E-state index contributed by atoms with van der Waals surface area (Å²) in [7, 11) is 0. The molecule has 1 aliphatic rings. The van der Waals surface area contributed by atoms with Gasteiger partial charge >= 0.3 is 0 Å². The van der Waals surface area contributed by atoms with Gasteiger partial charge in [0, 0.05) is 56.7 Å². The number of benzene rings is 1. The first kappa shape index (κ1) is 18.9. The zero-order valence-corrected chi connectivity index (χ0v) is 15.3. The van der Waals surface area contributed by atoms with Crippen LogP contribution in [0.15, 0.2) is 42.6 Å². The summed E-state index contributed by atoms with van der Waals surface area (Å²) in [5.41, 5.74) is 2.36. The summed E-state index contributed by atoms with van der Waals surface area (Å²) in [5.74, 6) is -0.106. The number of aromatic nitrogens is 1. The van der Waals surface area contributed by atoms with E-state index < -0.39 is 4.92 Å². The van der Waals surface area contributed by atoms with Crippen LogP contribution in [0.25, 0.3) is 0 Å². The van der Waals surface area contributed by atoms with Crippen molar-refractivity contribution in [2.24, 2.45) is 0 Å². The van der Waals surface area contributed by atoms with Crippen molar-refractivity contribution in [3.8, 4) is 0 Å². The van der Waals surface area contributed by atoms with Gasteiger partial charge in [0.1, 0.15) is 0 Å². The van der Waals surface area contributed by atoms with Crippen LogP contribution in [0.1, 0.15) is 11.3 Å². The number of aryl methyl sites for hydroxylation is 1. The highest BCUT2D eigenvalue weighted by atomic mass is 16.6. The van der Waals surface area contributed by atoms with Crippen LogP contribution in [0.4, 0.5) is 11.4 Å². The first-order valence-electron chi connectivity index (χ1n) is 8.91. The Bertz CT molecular complexity index is 804. The number of anilines is 1. The number of amides is 1. The molecule has 2 heterocycles. The minimum atomic E-state index is -0.441. The molecular formula is C19H23N5O3. The van der Waals surface area contributed by atoms with E-state index in [1.165, 1.54) is 12.1 Å². The van der Waals surface area contributed by atoms with Gasteiger partial charge < -0.3 is 5.32 Å². The number of nitrogens with zero attached hydrogens (tertiary/aromatic N) is 4. The summed E-state index contributed by atoms with van der Waals surface area (Å²) in [4.78, 5) is 31.5. The SMILES string of the molecule is Cc1cc([N+](=O)[O-])ccc1NC(=O)CN1CCN(Cc2ccccn2)CC1. The third kappa shape index (κ3) is 5.32. The Morgan fingerprint density at radius 3 is 2.56 bits per heavy atom. The lowest BCUT2D eigenvalue weighted by atomic mass is 10.2. The second-order valence-electron chi connectivity index (χ2n) is 6.68. The molecule has 0 aliphatic carbocycles.